The van der Waals surface area contributed by atoms with E-state index in [0.717, 1.165) is 0 Å². The van der Waals surface area contributed by atoms with Gasteiger partial charge < -0.3 is 9.68 Å². The van der Waals surface area contributed by atoms with E-state index >= 15 is 0 Å². The van der Waals surface area contributed by atoms with Gasteiger partial charge in [0.25, 0.3) is 11.1 Å². The number of aromatic nitrogens is 4. The van der Waals surface area contributed by atoms with Gasteiger partial charge >= 0.3 is 23.3 Å². The van der Waals surface area contributed by atoms with Crippen LogP contribution in [0.15, 0.2) is 31.6 Å². The summed E-state index contributed by atoms with van der Waals surface area (Å²) in [5.41, 5.74) is -4.83. The van der Waals surface area contributed by atoms with E-state index in [2.05, 4.69) is 9.68 Å². The first-order chi connectivity index (χ1) is 13.2. The normalized spacial score (nSPS) is 10.5. The van der Waals surface area contributed by atoms with Crippen molar-refractivity contribution >= 4 is 11.9 Å². The minimum Gasteiger partial charge on any atom is -0.332 e. The topological polar surface area (TPSA) is 162 Å². The van der Waals surface area contributed by atoms with Crippen molar-refractivity contribution in [3.05, 3.63) is 65.7 Å². The Morgan fingerprint density at radius 2 is 1.14 bits per heavy atom. The lowest BCUT2D eigenvalue weighted by Gasteiger charge is -2.06. The summed E-state index contributed by atoms with van der Waals surface area (Å²) in [5, 5.41) is 0. The van der Waals surface area contributed by atoms with Crippen LogP contribution in [0.25, 0.3) is 0 Å². The molecule has 2 heterocycles. The lowest BCUT2D eigenvalue weighted by Crippen LogP contribution is -2.37. The van der Waals surface area contributed by atoms with Gasteiger partial charge in [-0.2, -0.15) is 8.78 Å². The molecule has 0 aliphatic heterocycles. The lowest BCUT2D eigenvalue weighted by molar-refractivity contribution is -0.147. The Morgan fingerprint density at radius 3 is 1.50 bits per heavy atom. The molecule has 28 heavy (non-hydrogen) atoms. The fourth-order valence-electron chi connectivity index (χ4n) is 1.85. The standard InChI is InChI=1S/C14H12F2N4O8/c15-7-5-19(13(25)17-11(7)23)27-9(21)3-1-2-4-10(22)28-20-6-8(16)12(24)18-14(20)26/h5-6H,1-4H2,(H,17,23,25)(H,18,24,26). The van der Waals surface area contributed by atoms with Crippen molar-refractivity contribution in [2.75, 3.05) is 0 Å². The minimum atomic E-state index is -1.33. The molecule has 0 saturated carbocycles. The quantitative estimate of drug-likeness (QED) is 0.495. The Bertz CT molecular complexity index is 1040. The zero-order valence-electron chi connectivity index (χ0n) is 13.9. The molecule has 2 rings (SSSR count). The number of aromatic amines is 2. The number of hydrogen-bond donors (Lipinski definition) is 2. The molecule has 2 aromatic rings. The second kappa shape index (κ2) is 8.70. The number of nitrogens with zero attached hydrogens (tertiary/aromatic N) is 2. The number of halogens is 2. The van der Waals surface area contributed by atoms with E-state index in [0.29, 0.717) is 12.4 Å². The van der Waals surface area contributed by atoms with Crippen molar-refractivity contribution < 1.29 is 28.0 Å². The highest BCUT2D eigenvalue weighted by molar-refractivity contribution is 5.70. The van der Waals surface area contributed by atoms with Crippen LogP contribution in [0.1, 0.15) is 25.7 Å². The number of nitrogens with one attached hydrogen (secondary N) is 2. The van der Waals surface area contributed by atoms with E-state index in [4.69, 9.17) is 0 Å². The van der Waals surface area contributed by atoms with Crippen LogP contribution in [0, 0.1) is 11.6 Å². The third kappa shape index (κ3) is 5.33. The number of rotatable bonds is 7. The largest absolute Gasteiger partial charge is 0.362 e. The summed E-state index contributed by atoms with van der Waals surface area (Å²) >= 11 is 0. The van der Waals surface area contributed by atoms with Gasteiger partial charge in [-0.1, -0.05) is 0 Å². The van der Waals surface area contributed by atoms with Gasteiger partial charge in [0.15, 0.2) is 0 Å². The van der Waals surface area contributed by atoms with Gasteiger partial charge in [0, 0.05) is 12.8 Å². The Kier molecular flexibility index (Phi) is 6.36. The van der Waals surface area contributed by atoms with Crippen LogP contribution < -0.4 is 32.2 Å². The molecule has 0 saturated heterocycles. The molecule has 0 amide bonds. The third-order valence-electron chi connectivity index (χ3n) is 3.15. The molecule has 0 fully saturated rings. The first kappa shape index (κ1) is 20.5. The van der Waals surface area contributed by atoms with Gasteiger partial charge in [-0.25, -0.2) is 19.2 Å². The summed E-state index contributed by atoms with van der Waals surface area (Å²) in [4.78, 5) is 79.8. The maximum Gasteiger partial charge on any atom is 0.362 e. The van der Waals surface area contributed by atoms with Crippen molar-refractivity contribution in [1.82, 2.24) is 19.4 Å². The number of carbonyl (C=O) groups is 2. The molecule has 0 aliphatic carbocycles. The summed E-state index contributed by atoms with van der Waals surface area (Å²) < 4.78 is 26.5. The molecule has 150 valence electrons. The van der Waals surface area contributed by atoms with Crippen molar-refractivity contribution in [3.8, 4) is 0 Å². The predicted molar refractivity (Wildman–Crippen MR) is 84.2 cm³/mol. The van der Waals surface area contributed by atoms with E-state index in [9.17, 15) is 37.5 Å². The van der Waals surface area contributed by atoms with Crippen LogP contribution in [0.2, 0.25) is 0 Å². The lowest BCUT2D eigenvalue weighted by atomic mass is 10.2. The third-order valence-corrected chi connectivity index (χ3v) is 3.15. The summed E-state index contributed by atoms with van der Waals surface area (Å²) in [6.45, 7) is 0. The monoisotopic (exact) mass is 402 g/mol. The van der Waals surface area contributed by atoms with Crippen molar-refractivity contribution in [3.63, 3.8) is 0 Å². The fourth-order valence-corrected chi connectivity index (χ4v) is 1.85. The highest BCUT2D eigenvalue weighted by atomic mass is 19.1. The maximum atomic E-state index is 13.0. The summed E-state index contributed by atoms with van der Waals surface area (Å²) in [6, 6.07) is 0. The van der Waals surface area contributed by atoms with Crippen LogP contribution in [0.3, 0.4) is 0 Å². The van der Waals surface area contributed by atoms with Gasteiger partial charge in [0.05, 0.1) is 12.4 Å². The molecule has 0 atom stereocenters. The molecule has 2 aromatic heterocycles. The van der Waals surface area contributed by atoms with Gasteiger partial charge in [-0.3, -0.25) is 19.6 Å². The average Bonchev–Trinajstić information content (AvgIpc) is 2.61. The molecule has 0 aromatic carbocycles. The predicted octanol–water partition coefficient (Wildman–Crippen LogP) is -2.16. The second-order valence-electron chi connectivity index (χ2n) is 5.26. The molecule has 0 radical (unpaired) electrons. The number of carbonyl (C=O) groups excluding carboxylic acids is 2. The first-order valence-electron chi connectivity index (χ1n) is 7.62. The number of hydrogen-bond acceptors (Lipinski definition) is 8. The van der Waals surface area contributed by atoms with Gasteiger partial charge in [0.1, 0.15) is 0 Å². The molecular weight excluding hydrogens is 390 g/mol. The highest BCUT2D eigenvalue weighted by Gasteiger charge is 2.12. The highest BCUT2D eigenvalue weighted by Crippen LogP contribution is 2.01. The number of unbranched alkanes of at least 4 members (excludes halogenated alkanes) is 1. The van der Waals surface area contributed by atoms with E-state index < -0.39 is 46.1 Å². The molecule has 0 aliphatic rings. The SMILES string of the molecule is O=C(CCCCC(=O)On1cc(F)c(=O)[nH]c1=O)On1cc(F)c(=O)[nH]c1=O. The molecule has 0 bridgehead atoms. The van der Waals surface area contributed by atoms with Crippen molar-refractivity contribution in [2.24, 2.45) is 0 Å². The van der Waals surface area contributed by atoms with Crippen LogP contribution in [0.5, 0.6) is 0 Å². The van der Waals surface area contributed by atoms with Crippen molar-refractivity contribution in [1.29, 1.82) is 0 Å². The Labute approximate surface area is 151 Å². The van der Waals surface area contributed by atoms with E-state index in [1.54, 1.807) is 9.97 Å². The van der Waals surface area contributed by atoms with Crippen LogP contribution in [0.4, 0.5) is 8.78 Å². The summed E-state index contributed by atoms with van der Waals surface area (Å²) in [7, 11) is 0. The van der Waals surface area contributed by atoms with Crippen molar-refractivity contribution in [2.45, 2.75) is 25.7 Å². The zero-order valence-corrected chi connectivity index (χ0v) is 13.9. The van der Waals surface area contributed by atoms with Gasteiger partial charge in [-0.05, 0) is 12.8 Å². The molecule has 0 unspecified atom stereocenters. The Hall–Kier alpha value is -3.84. The second-order valence-corrected chi connectivity index (χ2v) is 5.26. The van der Waals surface area contributed by atoms with Crippen LogP contribution in [-0.4, -0.2) is 31.4 Å². The Morgan fingerprint density at radius 1 is 0.786 bits per heavy atom. The molecule has 12 nitrogen and oxygen atoms in total. The molecular formula is C14H12F2N4O8. The van der Waals surface area contributed by atoms with Gasteiger partial charge in [0.2, 0.25) is 11.6 Å². The fraction of sp³-hybridized carbons (Fsp3) is 0.286. The summed E-state index contributed by atoms with van der Waals surface area (Å²) in [5.74, 6) is -4.55. The van der Waals surface area contributed by atoms with Gasteiger partial charge in [-0.15, -0.1) is 9.46 Å². The number of H-pyrrole nitrogens is 2. The Balaban J connectivity index is 1.79. The molecule has 2 N–H and O–H groups in total. The minimum absolute atomic E-state index is 0.0867. The smallest absolute Gasteiger partial charge is 0.332 e. The average molecular weight is 402 g/mol. The van der Waals surface area contributed by atoms with E-state index in [1.807, 2.05) is 0 Å². The molecule has 0 spiro atoms. The zero-order chi connectivity index (χ0) is 20.8. The van der Waals surface area contributed by atoms with Crippen LogP contribution >= 0.6 is 0 Å². The first-order valence-corrected chi connectivity index (χ1v) is 7.62. The summed E-state index contributed by atoms with van der Waals surface area (Å²) in [6.07, 6.45) is 0.434. The molecule has 14 heteroatoms. The van der Waals surface area contributed by atoms with E-state index in [1.165, 1.54) is 0 Å². The van der Waals surface area contributed by atoms with E-state index in [-0.39, 0.29) is 35.1 Å². The van der Waals surface area contributed by atoms with Crippen LogP contribution in [-0.2, 0) is 9.59 Å². The maximum absolute atomic E-state index is 13.0.